The van der Waals surface area contributed by atoms with Gasteiger partial charge in [0.15, 0.2) is 23.3 Å². The van der Waals surface area contributed by atoms with Crippen LogP contribution in [-0.4, -0.2) is 25.7 Å². The van der Waals surface area contributed by atoms with Crippen LogP contribution in [0.2, 0.25) is 0 Å². The number of aromatic carboxylic acids is 1. The van der Waals surface area contributed by atoms with Crippen LogP contribution in [0, 0.1) is 11.6 Å². The minimum Gasteiger partial charge on any atom is -0.545 e. The number of carboxylic acids is 1. The predicted molar refractivity (Wildman–Crippen MR) is 73.1 cm³/mol. The van der Waals surface area contributed by atoms with Gasteiger partial charge in [0, 0.05) is 24.0 Å². The molecule has 0 amide bonds. The molecule has 3 rings (SSSR count). The largest absolute Gasteiger partial charge is 1.00 e. The minimum atomic E-state index is -1.64. The summed E-state index contributed by atoms with van der Waals surface area (Å²) in [6, 6.07) is 4.35. The summed E-state index contributed by atoms with van der Waals surface area (Å²) in [6.07, 6.45) is 4.77. The Labute approximate surface area is 146 Å². The molecule has 1 N–H and O–H groups in total. The summed E-state index contributed by atoms with van der Waals surface area (Å²) in [5.74, 6) is -3.48. The van der Waals surface area contributed by atoms with Gasteiger partial charge in [0.25, 0.3) is 0 Å². The van der Waals surface area contributed by atoms with Gasteiger partial charge in [-0.1, -0.05) is 0 Å². The minimum absolute atomic E-state index is 0. The van der Waals surface area contributed by atoms with E-state index in [1.165, 1.54) is 12.4 Å². The van der Waals surface area contributed by atoms with Gasteiger partial charge in [-0.3, -0.25) is 4.57 Å². The number of nitrogens with zero attached hydrogens (tertiary/aromatic N) is 4. The fourth-order valence-corrected chi connectivity index (χ4v) is 1.88. The van der Waals surface area contributed by atoms with Crippen molar-refractivity contribution in [3.63, 3.8) is 0 Å². The third-order valence-corrected chi connectivity index (χ3v) is 2.96. The van der Waals surface area contributed by atoms with E-state index in [-0.39, 0.29) is 30.4 Å². The van der Waals surface area contributed by atoms with Crippen LogP contribution in [0.15, 0.2) is 43.0 Å². The van der Waals surface area contributed by atoms with Gasteiger partial charge in [-0.05, 0) is 18.2 Å². The molecule has 0 aliphatic rings. The Balaban J connectivity index is 0.00000208. The standard InChI is InChI=1S/C14H9F2N5O2.Li/c15-9-5-8(14(22)23)11(6-10(9)16)18-12-1-2-13(20-19-12)21-4-3-17-7-21;/h1-7H,(H,18,19)(H,22,23);/q;+1/p-1. The molecule has 0 spiro atoms. The van der Waals surface area contributed by atoms with E-state index in [4.69, 9.17) is 0 Å². The molecule has 24 heavy (non-hydrogen) atoms. The van der Waals surface area contributed by atoms with E-state index in [2.05, 4.69) is 20.5 Å². The molecule has 0 atom stereocenters. The normalized spacial score (nSPS) is 10.1. The van der Waals surface area contributed by atoms with Crippen LogP contribution in [0.1, 0.15) is 10.4 Å². The summed E-state index contributed by atoms with van der Waals surface area (Å²) < 4.78 is 28.1. The number of hydrogen-bond donors (Lipinski definition) is 1. The third-order valence-electron chi connectivity index (χ3n) is 2.96. The molecule has 0 radical (unpaired) electrons. The fraction of sp³-hybridized carbons (Fsp3) is 0. The first-order valence-corrected chi connectivity index (χ1v) is 6.34. The van der Waals surface area contributed by atoms with Crippen molar-refractivity contribution < 1.29 is 37.5 Å². The monoisotopic (exact) mass is 323 g/mol. The second-order valence-corrected chi connectivity index (χ2v) is 4.47. The number of carboxylic acid groups (broad SMARTS) is 1. The topological polar surface area (TPSA) is 95.8 Å². The maximum atomic E-state index is 13.3. The van der Waals surface area contributed by atoms with Crippen molar-refractivity contribution >= 4 is 17.5 Å². The molecule has 1 aromatic carbocycles. The SMILES string of the molecule is O=C([O-])c1cc(F)c(F)cc1Nc1ccc(-n2ccnc2)nn1.[Li+]. The molecule has 0 saturated heterocycles. The number of imidazole rings is 1. The molecule has 0 bridgehead atoms. The number of carbonyl (C=O) groups is 1. The second-order valence-electron chi connectivity index (χ2n) is 4.47. The van der Waals surface area contributed by atoms with Gasteiger partial charge in [-0.25, -0.2) is 13.8 Å². The Morgan fingerprint density at radius 2 is 1.92 bits per heavy atom. The fourth-order valence-electron chi connectivity index (χ4n) is 1.88. The molecule has 10 heteroatoms. The Morgan fingerprint density at radius 1 is 1.17 bits per heavy atom. The van der Waals surface area contributed by atoms with Crippen LogP contribution < -0.4 is 29.3 Å². The summed E-state index contributed by atoms with van der Waals surface area (Å²) in [6.45, 7) is 0. The number of halogens is 2. The van der Waals surface area contributed by atoms with E-state index in [0.29, 0.717) is 18.0 Å². The van der Waals surface area contributed by atoms with Crippen LogP contribution in [0.3, 0.4) is 0 Å². The molecule has 0 aliphatic carbocycles. The number of nitrogens with one attached hydrogen (secondary N) is 1. The molecule has 0 unspecified atom stereocenters. The van der Waals surface area contributed by atoms with Gasteiger partial charge in [0.2, 0.25) is 0 Å². The summed E-state index contributed by atoms with van der Waals surface area (Å²) in [5.41, 5.74) is -0.710. The van der Waals surface area contributed by atoms with Gasteiger partial charge in [-0.2, -0.15) is 0 Å². The van der Waals surface area contributed by atoms with Crippen LogP contribution >= 0.6 is 0 Å². The molecule has 0 saturated carbocycles. The van der Waals surface area contributed by atoms with Crippen molar-refractivity contribution in [2.75, 3.05) is 5.32 Å². The average molecular weight is 323 g/mol. The first-order valence-electron chi connectivity index (χ1n) is 6.34. The summed E-state index contributed by atoms with van der Waals surface area (Å²) in [7, 11) is 0. The molecule has 0 aliphatic heterocycles. The Morgan fingerprint density at radius 3 is 2.50 bits per heavy atom. The van der Waals surface area contributed by atoms with Gasteiger partial charge in [-0.15, -0.1) is 10.2 Å². The zero-order chi connectivity index (χ0) is 16.4. The third kappa shape index (κ3) is 3.59. The van der Waals surface area contributed by atoms with E-state index in [0.717, 1.165) is 0 Å². The molecule has 2 aromatic heterocycles. The first kappa shape index (κ1) is 17.6. The van der Waals surface area contributed by atoms with Crippen LogP contribution in [0.5, 0.6) is 0 Å². The summed E-state index contributed by atoms with van der Waals surface area (Å²) >= 11 is 0. The number of aromatic nitrogens is 4. The molecule has 7 nitrogen and oxygen atoms in total. The van der Waals surface area contributed by atoms with Crippen LogP contribution in [-0.2, 0) is 0 Å². The summed E-state index contributed by atoms with van der Waals surface area (Å²) in [5, 5.41) is 21.3. The maximum absolute atomic E-state index is 13.3. The Hall–Kier alpha value is -2.76. The molecule has 3 aromatic rings. The Kier molecular flexibility index (Phi) is 5.28. The molecule has 2 heterocycles. The smallest absolute Gasteiger partial charge is 0.545 e. The molecular formula is C14H8F2LiN5O2. The molecular weight excluding hydrogens is 315 g/mol. The quantitative estimate of drug-likeness (QED) is 0.561. The van der Waals surface area contributed by atoms with Crippen molar-refractivity contribution in [1.29, 1.82) is 0 Å². The van der Waals surface area contributed by atoms with E-state index >= 15 is 0 Å². The number of benzene rings is 1. The van der Waals surface area contributed by atoms with E-state index < -0.39 is 23.2 Å². The van der Waals surface area contributed by atoms with Gasteiger partial charge in [0.1, 0.15) is 6.33 Å². The van der Waals surface area contributed by atoms with E-state index in [9.17, 15) is 18.7 Å². The second kappa shape index (κ2) is 7.21. The number of rotatable bonds is 4. The molecule has 116 valence electrons. The van der Waals surface area contributed by atoms with Crippen LogP contribution in [0.4, 0.5) is 20.3 Å². The van der Waals surface area contributed by atoms with Crippen molar-refractivity contribution in [1.82, 2.24) is 19.7 Å². The van der Waals surface area contributed by atoms with Gasteiger partial charge >= 0.3 is 18.9 Å². The zero-order valence-corrected chi connectivity index (χ0v) is 12.4. The van der Waals surface area contributed by atoms with E-state index in [1.807, 2.05) is 0 Å². The number of carbonyl (C=O) groups excluding carboxylic acids is 1. The van der Waals surface area contributed by atoms with E-state index in [1.54, 1.807) is 23.0 Å². The van der Waals surface area contributed by atoms with Crippen molar-refractivity contribution in [3.8, 4) is 5.82 Å². The molecule has 0 fully saturated rings. The summed E-state index contributed by atoms with van der Waals surface area (Å²) in [4.78, 5) is 14.9. The van der Waals surface area contributed by atoms with Gasteiger partial charge < -0.3 is 15.2 Å². The zero-order valence-electron chi connectivity index (χ0n) is 12.4. The van der Waals surface area contributed by atoms with Crippen molar-refractivity contribution in [2.45, 2.75) is 0 Å². The Bertz CT molecular complexity index is 856. The number of hydrogen-bond acceptors (Lipinski definition) is 6. The van der Waals surface area contributed by atoms with Crippen LogP contribution in [0.25, 0.3) is 5.82 Å². The van der Waals surface area contributed by atoms with Gasteiger partial charge in [0.05, 0.1) is 11.7 Å². The van der Waals surface area contributed by atoms with Crippen molar-refractivity contribution in [2.24, 2.45) is 0 Å². The predicted octanol–water partition coefficient (Wildman–Crippen LogP) is -1.95. The average Bonchev–Trinajstić information content (AvgIpc) is 3.05. The van der Waals surface area contributed by atoms with Crippen molar-refractivity contribution in [3.05, 3.63) is 60.2 Å². The first-order chi connectivity index (χ1) is 11.0. The number of anilines is 2. The maximum Gasteiger partial charge on any atom is 1.00 e.